The number of nitrogens with zero attached hydrogens (tertiary/aromatic N) is 3. The smallest absolute Gasteiger partial charge is 0.277 e. The zero-order chi connectivity index (χ0) is 19.1. The molecule has 6 nitrogen and oxygen atoms in total. The van der Waals surface area contributed by atoms with Crippen LogP contribution in [0.1, 0.15) is 12.5 Å². The van der Waals surface area contributed by atoms with E-state index in [1.54, 1.807) is 19.1 Å². The van der Waals surface area contributed by atoms with Crippen LogP contribution in [0.25, 0.3) is 11.1 Å². The molecule has 0 unspecified atom stereocenters. The lowest BCUT2D eigenvalue weighted by molar-refractivity contribution is -0.123. The fourth-order valence-corrected chi connectivity index (χ4v) is 2.42. The van der Waals surface area contributed by atoms with Crippen molar-refractivity contribution in [3.05, 3.63) is 72.3 Å². The van der Waals surface area contributed by atoms with Crippen molar-refractivity contribution >= 4 is 12.1 Å². The topological polar surface area (TPSA) is 68.5 Å². The highest BCUT2D eigenvalue weighted by atomic mass is 19.1. The Bertz CT molecular complexity index is 921. The fourth-order valence-electron chi connectivity index (χ4n) is 2.42. The van der Waals surface area contributed by atoms with E-state index in [1.807, 2.05) is 42.5 Å². The van der Waals surface area contributed by atoms with Gasteiger partial charge in [0.05, 0.1) is 18.0 Å². The second-order valence-corrected chi connectivity index (χ2v) is 5.68. The van der Waals surface area contributed by atoms with Crippen molar-refractivity contribution in [1.29, 1.82) is 0 Å². The van der Waals surface area contributed by atoms with Gasteiger partial charge in [-0.15, -0.1) is 0 Å². The average molecular weight is 366 g/mol. The van der Waals surface area contributed by atoms with E-state index in [4.69, 9.17) is 4.74 Å². The third-order valence-corrected chi connectivity index (χ3v) is 3.82. The number of carbonyl (C=O) groups excluding carboxylic acids is 1. The molecule has 0 atom stereocenters. The molecule has 3 aromatic rings. The van der Waals surface area contributed by atoms with E-state index in [1.165, 1.54) is 17.1 Å². The zero-order valence-electron chi connectivity index (χ0n) is 14.8. The van der Waals surface area contributed by atoms with Gasteiger partial charge < -0.3 is 4.74 Å². The molecule has 1 N–H and O–H groups in total. The average Bonchev–Trinajstić information content (AvgIpc) is 3.07. The molecule has 0 aliphatic rings. The molecule has 0 aliphatic carbocycles. The van der Waals surface area contributed by atoms with Crippen LogP contribution in [0.5, 0.6) is 5.75 Å². The Morgan fingerprint density at radius 2 is 1.89 bits per heavy atom. The lowest BCUT2D eigenvalue weighted by Gasteiger charge is -2.06. The molecule has 0 saturated heterocycles. The minimum absolute atomic E-state index is 0.196. The summed E-state index contributed by atoms with van der Waals surface area (Å²) in [4.78, 5) is 11.8. The molecule has 0 aliphatic heterocycles. The van der Waals surface area contributed by atoms with Crippen LogP contribution in [0.4, 0.5) is 4.39 Å². The summed E-state index contributed by atoms with van der Waals surface area (Å²) in [6.07, 6.45) is 2.56. The molecular weight excluding hydrogens is 347 g/mol. The highest BCUT2D eigenvalue weighted by Crippen LogP contribution is 2.21. The van der Waals surface area contributed by atoms with Gasteiger partial charge in [-0.2, -0.15) is 14.6 Å². The summed E-state index contributed by atoms with van der Waals surface area (Å²) in [6.45, 7) is 2.00. The minimum Gasteiger partial charge on any atom is -0.484 e. The van der Waals surface area contributed by atoms with E-state index in [2.05, 4.69) is 15.6 Å². The molecule has 2 aromatic carbocycles. The largest absolute Gasteiger partial charge is 0.484 e. The first-order valence-electron chi connectivity index (χ1n) is 8.49. The van der Waals surface area contributed by atoms with Crippen LogP contribution in [0.2, 0.25) is 0 Å². The lowest BCUT2D eigenvalue weighted by atomic mass is 10.1. The van der Waals surface area contributed by atoms with Gasteiger partial charge in [0, 0.05) is 6.54 Å². The van der Waals surface area contributed by atoms with Gasteiger partial charge >= 0.3 is 0 Å². The van der Waals surface area contributed by atoms with Crippen molar-refractivity contribution in [2.75, 3.05) is 6.61 Å². The summed E-state index contributed by atoms with van der Waals surface area (Å²) in [5.41, 5.74) is 4.67. The van der Waals surface area contributed by atoms with Crippen molar-refractivity contribution in [2.24, 2.45) is 5.10 Å². The highest BCUT2D eigenvalue weighted by Gasteiger charge is 2.07. The molecule has 1 heterocycles. The van der Waals surface area contributed by atoms with Crippen molar-refractivity contribution in [3.8, 4) is 16.9 Å². The molecule has 1 amide bonds. The van der Waals surface area contributed by atoms with Crippen LogP contribution < -0.4 is 10.2 Å². The number of hydrazone groups is 1. The summed E-state index contributed by atoms with van der Waals surface area (Å²) >= 11 is 0. The number of benzene rings is 2. The number of nitrogens with one attached hydrogen (secondary N) is 1. The normalized spacial score (nSPS) is 10.9. The van der Waals surface area contributed by atoms with Crippen LogP contribution in [-0.2, 0) is 11.3 Å². The summed E-state index contributed by atoms with van der Waals surface area (Å²) in [6, 6.07) is 17.4. The van der Waals surface area contributed by atoms with Crippen LogP contribution >= 0.6 is 0 Å². The predicted octanol–water partition coefficient (Wildman–Crippen LogP) is 3.24. The van der Waals surface area contributed by atoms with E-state index < -0.39 is 11.9 Å². The van der Waals surface area contributed by atoms with Gasteiger partial charge in [-0.1, -0.05) is 42.5 Å². The Morgan fingerprint density at radius 1 is 1.19 bits per heavy atom. The van der Waals surface area contributed by atoms with Gasteiger partial charge in [-0.05, 0) is 30.2 Å². The molecule has 138 valence electrons. The van der Waals surface area contributed by atoms with Gasteiger partial charge in [0.1, 0.15) is 5.75 Å². The second-order valence-electron chi connectivity index (χ2n) is 5.68. The Morgan fingerprint density at radius 3 is 2.56 bits per heavy atom. The van der Waals surface area contributed by atoms with E-state index in [0.717, 1.165) is 11.1 Å². The molecule has 3 rings (SSSR count). The number of carbonyl (C=O) groups is 1. The maximum atomic E-state index is 13.8. The maximum Gasteiger partial charge on any atom is 0.277 e. The number of rotatable bonds is 7. The number of amides is 1. The molecule has 27 heavy (non-hydrogen) atoms. The number of hydrogen-bond acceptors (Lipinski definition) is 4. The second kappa shape index (κ2) is 8.75. The summed E-state index contributed by atoms with van der Waals surface area (Å²) < 4.78 is 20.4. The van der Waals surface area contributed by atoms with Crippen LogP contribution in [-0.4, -0.2) is 28.5 Å². The maximum absolute atomic E-state index is 13.8. The van der Waals surface area contributed by atoms with E-state index >= 15 is 0 Å². The van der Waals surface area contributed by atoms with Crippen molar-refractivity contribution in [2.45, 2.75) is 13.5 Å². The fraction of sp³-hybridized carbons (Fsp3) is 0.150. The number of ether oxygens (including phenoxy) is 1. The summed E-state index contributed by atoms with van der Waals surface area (Å²) in [5, 5.41) is 7.57. The lowest BCUT2D eigenvalue weighted by Crippen LogP contribution is -2.24. The van der Waals surface area contributed by atoms with Gasteiger partial charge in [0.25, 0.3) is 5.91 Å². The molecule has 0 spiro atoms. The first-order chi connectivity index (χ1) is 13.2. The molecule has 0 saturated carbocycles. The Labute approximate surface area is 156 Å². The SMILES string of the molecule is CCn1ncc(C=NNC(=O)COc2ccc(-c3ccccc3)cc2)c1F. The molecule has 0 bridgehead atoms. The van der Waals surface area contributed by atoms with Crippen molar-refractivity contribution in [1.82, 2.24) is 15.2 Å². The highest BCUT2D eigenvalue weighted by molar-refractivity contribution is 5.82. The van der Waals surface area contributed by atoms with Crippen LogP contribution in [0, 0.1) is 5.95 Å². The molecular formula is C20H19FN4O2. The Kier molecular flexibility index (Phi) is 5.94. The van der Waals surface area contributed by atoms with Crippen LogP contribution in [0.15, 0.2) is 65.9 Å². The molecule has 7 heteroatoms. The number of hydrogen-bond donors (Lipinski definition) is 1. The van der Waals surface area contributed by atoms with Gasteiger partial charge in [-0.3, -0.25) is 4.79 Å². The van der Waals surface area contributed by atoms with Gasteiger partial charge in [0.15, 0.2) is 6.61 Å². The monoisotopic (exact) mass is 366 g/mol. The Balaban J connectivity index is 1.49. The summed E-state index contributed by atoms with van der Waals surface area (Å²) in [5.74, 6) is -0.365. The minimum atomic E-state index is -0.495. The molecule has 1 aromatic heterocycles. The number of aromatic nitrogens is 2. The predicted molar refractivity (Wildman–Crippen MR) is 101 cm³/mol. The quantitative estimate of drug-likeness (QED) is 0.516. The first-order valence-corrected chi connectivity index (χ1v) is 8.49. The molecule has 0 fully saturated rings. The Hall–Kier alpha value is -3.48. The van der Waals surface area contributed by atoms with E-state index in [9.17, 15) is 9.18 Å². The third-order valence-electron chi connectivity index (χ3n) is 3.82. The first kappa shape index (κ1) is 18.3. The number of halogens is 1. The standard InChI is InChI=1S/C20H19FN4O2/c1-2-25-20(21)17(13-23-25)12-22-24-19(26)14-27-18-10-8-16(9-11-18)15-6-4-3-5-7-15/h3-13H,2,14H2,1H3,(H,24,26). The van der Waals surface area contributed by atoms with E-state index in [0.29, 0.717) is 12.3 Å². The van der Waals surface area contributed by atoms with E-state index in [-0.39, 0.29) is 12.2 Å². The zero-order valence-corrected chi connectivity index (χ0v) is 14.8. The van der Waals surface area contributed by atoms with Crippen LogP contribution in [0.3, 0.4) is 0 Å². The van der Waals surface area contributed by atoms with Gasteiger partial charge in [0.2, 0.25) is 5.95 Å². The van der Waals surface area contributed by atoms with Gasteiger partial charge in [-0.25, -0.2) is 10.1 Å². The molecule has 0 radical (unpaired) electrons. The van der Waals surface area contributed by atoms with Crippen molar-refractivity contribution < 1.29 is 13.9 Å². The number of aryl methyl sites for hydroxylation is 1. The summed E-state index contributed by atoms with van der Waals surface area (Å²) in [7, 11) is 0. The van der Waals surface area contributed by atoms with Crippen molar-refractivity contribution in [3.63, 3.8) is 0 Å². The third kappa shape index (κ3) is 4.78.